The molecule has 3 fully saturated rings. The van der Waals surface area contributed by atoms with Crippen molar-refractivity contribution in [3.63, 3.8) is 0 Å². The Kier molecular flexibility index (Phi) is 3.07. The van der Waals surface area contributed by atoms with Crippen LogP contribution < -0.4 is 0 Å². The van der Waals surface area contributed by atoms with Gasteiger partial charge in [0.05, 0.1) is 0 Å². The number of hydrogen-bond donors (Lipinski definition) is 0. The summed E-state index contributed by atoms with van der Waals surface area (Å²) >= 11 is 0. The van der Waals surface area contributed by atoms with Gasteiger partial charge in [-0.25, -0.2) is 4.39 Å². The Morgan fingerprint density at radius 2 is 1.88 bits per heavy atom. The first-order chi connectivity index (χ1) is 11.8. The molecular weight excluding hydrogens is 307 g/mol. The van der Waals surface area contributed by atoms with Gasteiger partial charge in [0.2, 0.25) is 0 Å². The third-order valence-electron chi connectivity index (χ3n) is 9.51. The Balaban J connectivity index is 1.69. The molecule has 0 saturated heterocycles. The average molecular weight is 341 g/mol. The van der Waals surface area contributed by atoms with E-state index in [0.717, 1.165) is 38.0 Å². The second kappa shape index (κ2) is 4.70. The summed E-state index contributed by atoms with van der Waals surface area (Å²) in [6, 6.07) is 0. The first-order valence-corrected chi connectivity index (χ1v) is 10.5. The Labute approximate surface area is 152 Å². The van der Waals surface area contributed by atoms with Crippen LogP contribution in [0.1, 0.15) is 66.2 Å². The van der Waals surface area contributed by atoms with Crippen LogP contribution in [0.2, 0.25) is 0 Å². The molecule has 1 heteroatoms. The smallest absolute Gasteiger partial charge is 0.129 e. The quantitative estimate of drug-likeness (QED) is 0.433. The summed E-state index contributed by atoms with van der Waals surface area (Å²) < 4.78 is 17.2. The van der Waals surface area contributed by atoms with Gasteiger partial charge in [-0.05, 0) is 74.5 Å². The Bertz CT molecular complexity index is 701. The summed E-state index contributed by atoms with van der Waals surface area (Å²) in [5.74, 6) is 2.44. The van der Waals surface area contributed by atoms with Gasteiger partial charge in [-0.2, -0.15) is 0 Å². The molecule has 0 heterocycles. The SMILES string of the molecule is C[C@@H]1C[C@@H]2C3(C=C[C@@H]13)CC[C@]1(F)C3(C)C=CCCC=C3[C@@H](C)C[C@@]21C. The fraction of sp³-hybridized carbons (Fsp3) is 0.750. The summed E-state index contributed by atoms with van der Waals surface area (Å²) in [6.45, 7) is 9.32. The van der Waals surface area contributed by atoms with E-state index in [1.54, 1.807) is 0 Å². The molecule has 0 aromatic heterocycles. The fourth-order valence-corrected chi connectivity index (χ4v) is 8.43. The van der Waals surface area contributed by atoms with Crippen LogP contribution in [0.5, 0.6) is 0 Å². The zero-order chi connectivity index (χ0) is 17.7. The van der Waals surface area contributed by atoms with E-state index in [1.165, 1.54) is 12.0 Å². The van der Waals surface area contributed by atoms with Gasteiger partial charge in [-0.15, -0.1) is 0 Å². The highest BCUT2D eigenvalue weighted by molar-refractivity contribution is 5.41. The monoisotopic (exact) mass is 340 g/mol. The largest absolute Gasteiger partial charge is 0.242 e. The van der Waals surface area contributed by atoms with Gasteiger partial charge in [0.25, 0.3) is 0 Å². The molecule has 0 aliphatic heterocycles. The van der Waals surface area contributed by atoms with Gasteiger partial charge in [-0.1, -0.05) is 56.7 Å². The van der Waals surface area contributed by atoms with Crippen LogP contribution >= 0.6 is 0 Å². The van der Waals surface area contributed by atoms with Crippen molar-refractivity contribution in [3.05, 3.63) is 36.0 Å². The summed E-state index contributed by atoms with van der Waals surface area (Å²) in [7, 11) is 0. The lowest BCUT2D eigenvalue weighted by molar-refractivity contribution is -0.187. The van der Waals surface area contributed by atoms with Crippen molar-refractivity contribution >= 4 is 0 Å². The van der Waals surface area contributed by atoms with Crippen LogP contribution in [0, 0.1) is 39.9 Å². The minimum Gasteiger partial charge on any atom is -0.242 e. The lowest BCUT2D eigenvalue weighted by Crippen LogP contribution is -2.67. The van der Waals surface area contributed by atoms with Crippen molar-refractivity contribution in [2.24, 2.45) is 39.9 Å². The molecule has 3 saturated carbocycles. The van der Waals surface area contributed by atoms with Crippen molar-refractivity contribution in [1.29, 1.82) is 0 Å². The fourth-order valence-electron chi connectivity index (χ4n) is 8.43. The number of alkyl halides is 1. The second-order valence-electron chi connectivity index (χ2n) is 10.4. The molecule has 25 heavy (non-hydrogen) atoms. The molecule has 0 bridgehead atoms. The molecular formula is C24H33F. The predicted octanol–water partition coefficient (Wildman–Crippen LogP) is 6.65. The lowest BCUT2D eigenvalue weighted by Gasteiger charge is -2.67. The highest BCUT2D eigenvalue weighted by Crippen LogP contribution is 2.77. The van der Waals surface area contributed by atoms with Crippen LogP contribution in [-0.2, 0) is 0 Å². The molecule has 0 nitrogen and oxygen atoms in total. The van der Waals surface area contributed by atoms with Gasteiger partial charge in [-0.3, -0.25) is 0 Å². The van der Waals surface area contributed by atoms with Crippen LogP contribution in [0.4, 0.5) is 4.39 Å². The number of hydrogen-bond acceptors (Lipinski definition) is 0. The van der Waals surface area contributed by atoms with Gasteiger partial charge in [0, 0.05) is 10.8 Å². The summed E-state index contributed by atoms with van der Waals surface area (Å²) in [5.41, 5.74) is -0.0161. The van der Waals surface area contributed by atoms with Crippen molar-refractivity contribution in [2.45, 2.75) is 71.9 Å². The van der Waals surface area contributed by atoms with Crippen LogP contribution in [-0.4, -0.2) is 5.67 Å². The van der Waals surface area contributed by atoms with Crippen molar-refractivity contribution in [3.8, 4) is 0 Å². The molecule has 0 aromatic carbocycles. The van der Waals surface area contributed by atoms with Crippen LogP contribution in [0.25, 0.3) is 0 Å². The molecule has 5 aliphatic carbocycles. The molecule has 0 radical (unpaired) electrons. The number of halogens is 1. The molecule has 5 rings (SSSR count). The Morgan fingerprint density at radius 3 is 2.60 bits per heavy atom. The van der Waals surface area contributed by atoms with Crippen LogP contribution in [0.3, 0.4) is 0 Å². The van der Waals surface area contributed by atoms with Crippen molar-refractivity contribution < 1.29 is 4.39 Å². The number of fused-ring (bicyclic) bond motifs is 4. The summed E-state index contributed by atoms with van der Waals surface area (Å²) in [4.78, 5) is 0. The molecule has 8 atom stereocenters. The van der Waals surface area contributed by atoms with E-state index in [-0.39, 0.29) is 5.41 Å². The standard InChI is InChI=1S/C24H33F/c1-16-14-20-22(4)15-17(2)18-8-6-5-7-10-21(18,3)24(22,25)13-12-23(20)11-9-19(16)23/h7-11,16-17,19-20H,5-6,12-15H2,1-4H3/t16-,17+,19+,20+,21?,22+,23?,24+/m1/s1. The minimum atomic E-state index is -1.10. The van der Waals surface area contributed by atoms with Gasteiger partial charge >= 0.3 is 0 Å². The second-order valence-corrected chi connectivity index (χ2v) is 10.4. The normalized spacial score (nSPS) is 59.0. The Morgan fingerprint density at radius 1 is 1.08 bits per heavy atom. The first kappa shape index (κ1) is 16.3. The zero-order valence-electron chi connectivity index (χ0n) is 16.3. The topological polar surface area (TPSA) is 0 Å². The molecule has 2 unspecified atom stereocenters. The highest BCUT2D eigenvalue weighted by atomic mass is 19.1. The maximum absolute atomic E-state index is 17.2. The minimum absolute atomic E-state index is 0.209. The van der Waals surface area contributed by atoms with E-state index in [9.17, 15) is 0 Å². The van der Waals surface area contributed by atoms with Gasteiger partial charge in [0.1, 0.15) is 5.67 Å². The number of allylic oxidation sites excluding steroid dienone is 6. The average Bonchev–Trinajstić information content (AvgIpc) is 2.67. The predicted molar refractivity (Wildman–Crippen MR) is 102 cm³/mol. The maximum Gasteiger partial charge on any atom is 0.129 e. The molecule has 0 aromatic rings. The number of rotatable bonds is 0. The third kappa shape index (κ3) is 1.61. The Hall–Kier alpha value is -0.850. The molecule has 5 aliphatic rings. The van der Waals surface area contributed by atoms with E-state index < -0.39 is 11.1 Å². The maximum atomic E-state index is 17.2. The van der Waals surface area contributed by atoms with E-state index >= 15 is 4.39 Å². The molecule has 1 spiro atoms. The van der Waals surface area contributed by atoms with Crippen molar-refractivity contribution in [1.82, 2.24) is 0 Å². The third-order valence-corrected chi connectivity index (χ3v) is 9.51. The molecule has 136 valence electrons. The van der Waals surface area contributed by atoms with E-state index in [2.05, 4.69) is 58.1 Å². The first-order valence-electron chi connectivity index (χ1n) is 10.5. The summed E-state index contributed by atoms with van der Waals surface area (Å²) in [6.07, 6.45) is 18.0. The van der Waals surface area contributed by atoms with E-state index in [0.29, 0.717) is 23.2 Å². The molecule has 0 N–H and O–H groups in total. The zero-order valence-corrected chi connectivity index (χ0v) is 16.3. The van der Waals surface area contributed by atoms with Crippen LogP contribution in [0.15, 0.2) is 36.0 Å². The molecule has 0 amide bonds. The van der Waals surface area contributed by atoms with Crippen molar-refractivity contribution in [2.75, 3.05) is 0 Å². The van der Waals surface area contributed by atoms with Gasteiger partial charge in [0.15, 0.2) is 0 Å². The highest BCUT2D eigenvalue weighted by Gasteiger charge is 2.74. The van der Waals surface area contributed by atoms with E-state index in [1.807, 2.05) is 0 Å². The van der Waals surface area contributed by atoms with Gasteiger partial charge < -0.3 is 0 Å². The summed E-state index contributed by atoms with van der Waals surface area (Å²) in [5, 5.41) is 0. The lowest BCUT2D eigenvalue weighted by atomic mass is 9.38. The van der Waals surface area contributed by atoms with E-state index in [4.69, 9.17) is 0 Å².